The number of nitrogens with one attached hydrogen (secondary N) is 1. The van der Waals surface area contributed by atoms with Gasteiger partial charge in [0.05, 0.1) is 0 Å². The van der Waals surface area contributed by atoms with Crippen LogP contribution in [0.5, 0.6) is 0 Å². The van der Waals surface area contributed by atoms with Gasteiger partial charge >= 0.3 is 0 Å². The van der Waals surface area contributed by atoms with E-state index in [-0.39, 0.29) is 5.17 Å². The molecule has 3 heteroatoms. The van der Waals surface area contributed by atoms with Gasteiger partial charge in [0.1, 0.15) is 0 Å². The van der Waals surface area contributed by atoms with Gasteiger partial charge in [-0.25, -0.2) is 0 Å². The summed E-state index contributed by atoms with van der Waals surface area (Å²) in [6.07, 6.45) is 4.06. The molecule has 0 aliphatic heterocycles. The third-order valence-corrected chi connectivity index (χ3v) is 2.36. The number of benzene rings is 1. The van der Waals surface area contributed by atoms with E-state index >= 15 is 0 Å². The Kier molecular flexibility index (Phi) is 4.26. The van der Waals surface area contributed by atoms with Gasteiger partial charge < -0.3 is 5.73 Å². The van der Waals surface area contributed by atoms with E-state index in [1.165, 1.54) is 22.9 Å². The van der Waals surface area contributed by atoms with E-state index in [2.05, 4.69) is 25.1 Å². The largest absolute Gasteiger partial charge is 0.379 e. The summed E-state index contributed by atoms with van der Waals surface area (Å²) in [7, 11) is 0. The molecule has 0 radical (unpaired) electrons. The first-order chi connectivity index (χ1) is 6.68. The van der Waals surface area contributed by atoms with Crippen LogP contribution < -0.4 is 5.73 Å². The minimum atomic E-state index is 0.166. The first kappa shape index (κ1) is 10.9. The number of amidine groups is 1. The number of nitrogens with two attached hydrogens (primary N) is 1. The summed E-state index contributed by atoms with van der Waals surface area (Å²) in [5.74, 6) is 0.753. The summed E-state index contributed by atoms with van der Waals surface area (Å²) in [6, 6.07) is 8.28. The van der Waals surface area contributed by atoms with Crippen molar-refractivity contribution >= 4 is 23.0 Å². The van der Waals surface area contributed by atoms with E-state index in [4.69, 9.17) is 11.1 Å². The van der Waals surface area contributed by atoms with Crippen molar-refractivity contribution in [2.24, 2.45) is 5.73 Å². The highest BCUT2D eigenvalue weighted by Crippen LogP contribution is 2.07. The zero-order valence-corrected chi connectivity index (χ0v) is 8.97. The molecule has 74 valence electrons. The molecule has 14 heavy (non-hydrogen) atoms. The minimum Gasteiger partial charge on any atom is -0.379 e. The van der Waals surface area contributed by atoms with Crippen molar-refractivity contribution < 1.29 is 0 Å². The van der Waals surface area contributed by atoms with Crippen molar-refractivity contribution in [3.05, 3.63) is 41.5 Å². The van der Waals surface area contributed by atoms with Gasteiger partial charge in [-0.05, 0) is 12.5 Å². The molecule has 0 spiro atoms. The average Bonchev–Trinajstić information content (AvgIpc) is 2.12. The van der Waals surface area contributed by atoms with Crippen molar-refractivity contribution in [2.75, 3.05) is 5.75 Å². The van der Waals surface area contributed by atoms with Crippen molar-refractivity contribution in [2.45, 2.75) is 6.92 Å². The van der Waals surface area contributed by atoms with E-state index in [1.54, 1.807) is 0 Å². The van der Waals surface area contributed by atoms with E-state index in [0.717, 1.165) is 5.75 Å². The van der Waals surface area contributed by atoms with Gasteiger partial charge in [0.2, 0.25) is 0 Å². The summed E-state index contributed by atoms with van der Waals surface area (Å²) >= 11 is 1.33. The number of aryl methyl sites for hydroxylation is 1. The second kappa shape index (κ2) is 5.50. The lowest BCUT2D eigenvalue weighted by atomic mass is 10.1. The molecule has 3 N–H and O–H groups in total. The zero-order chi connectivity index (χ0) is 10.4. The summed E-state index contributed by atoms with van der Waals surface area (Å²) in [5.41, 5.74) is 7.65. The molecule has 0 atom stereocenters. The van der Waals surface area contributed by atoms with Crippen LogP contribution in [0.2, 0.25) is 0 Å². The van der Waals surface area contributed by atoms with Crippen LogP contribution in [0.4, 0.5) is 0 Å². The van der Waals surface area contributed by atoms with Gasteiger partial charge in [-0.3, -0.25) is 5.41 Å². The molecule has 0 saturated heterocycles. The second-order valence-corrected chi connectivity index (χ2v) is 4.05. The monoisotopic (exact) mass is 206 g/mol. The highest BCUT2D eigenvalue weighted by atomic mass is 32.2. The van der Waals surface area contributed by atoms with Gasteiger partial charge in [0, 0.05) is 5.75 Å². The van der Waals surface area contributed by atoms with Crippen molar-refractivity contribution in [3.63, 3.8) is 0 Å². The molecule has 0 saturated carbocycles. The number of hydrogen-bond donors (Lipinski definition) is 2. The summed E-state index contributed by atoms with van der Waals surface area (Å²) in [4.78, 5) is 0. The van der Waals surface area contributed by atoms with Crippen LogP contribution >= 0.6 is 11.8 Å². The van der Waals surface area contributed by atoms with Gasteiger partial charge in [-0.15, -0.1) is 0 Å². The van der Waals surface area contributed by atoms with Crippen LogP contribution in [-0.2, 0) is 0 Å². The molecule has 1 aromatic rings. The van der Waals surface area contributed by atoms with Crippen molar-refractivity contribution in [1.82, 2.24) is 0 Å². The van der Waals surface area contributed by atoms with Gasteiger partial charge in [-0.1, -0.05) is 53.7 Å². The van der Waals surface area contributed by atoms with Crippen LogP contribution in [0.25, 0.3) is 6.08 Å². The Bertz CT molecular complexity index is 345. The molecule has 0 aliphatic rings. The zero-order valence-electron chi connectivity index (χ0n) is 8.16. The lowest BCUT2D eigenvalue weighted by Gasteiger charge is -1.95. The van der Waals surface area contributed by atoms with Gasteiger partial charge in [0.15, 0.2) is 5.17 Å². The maximum Gasteiger partial charge on any atom is 0.151 e. The first-order valence-electron chi connectivity index (χ1n) is 4.38. The smallest absolute Gasteiger partial charge is 0.151 e. The summed E-state index contributed by atoms with van der Waals surface area (Å²) < 4.78 is 0. The summed E-state index contributed by atoms with van der Waals surface area (Å²) in [6.45, 7) is 2.07. The fourth-order valence-electron chi connectivity index (χ4n) is 1.10. The molecule has 2 nitrogen and oxygen atoms in total. The van der Waals surface area contributed by atoms with E-state index in [0.29, 0.717) is 0 Å². The van der Waals surface area contributed by atoms with E-state index in [9.17, 15) is 0 Å². The van der Waals surface area contributed by atoms with Crippen LogP contribution in [0, 0.1) is 12.3 Å². The fourth-order valence-corrected chi connectivity index (χ4v) is 1.47. The molecule has 0 fully saturated rings. The number of hydrogen-bond acceptors (Lipinski definition) is 2. The maximum atomic E-state index is 7.02. The minimum absolute atomic E-state index is 0.166. The Morgan fingerprint density at radius 1 is 1.57 bits per heavy atom. The van der Waals surface area contributed by atoms with Crippen molar-refractivity contribution in [3.8, 4) is 0 Å². The van der Waals surface area contributed by atoms with Crippen LogP contribution in [0.1, 0.15) is 11.1 Å². The van der Waals surface area contributed by atoms with Crippen molar-refractivity contribution in [1.29, 1.82) is 5.41 Å². The molecule has 0 bridgehead atoms. The lowest BCUT2D eigenvalue weighted by molar-refractivity contribution is 1.46. The third kappa shape index (κ3) is 4.14. The highest BCUT2D eigenvalue weighted by molar-refractivity contribution is 8.13. The Morgan fingerprint density at radius 2 is 2.36 bits per heavy atom. The Morgan fingerprint density at radius 3 is 3.00 bits per heavy atom. The lowest BCUT2D eigenvalue weighted by Crippen LogP contribution is -2.03. The summed E-state index contributed by atoms with van der Waals surface area (Å²) in [5, 5.41) is 7.18. The second-order valence-electron chi connectivity index (χ2n) is 2.99. The van der Waals surface area contributed by atoms with Gasteiger partial charge in [0.25, 0.3) is 0 Å². The predicted octanol–water partition coefficient (Wildman–Crippen LogP) is 2.63. The van der Waals surface area contributed by atoms with Crippen LogP contribution in [0.3, 0.4) is 0 Å². The first-order valence-corrected chi connectivity index (χ1v) is 5.37. The average molecular weight is 206 g/mol. The molecular weight excluding hydrogens is 192 g/mol. The predicted molar refractivity (Wildman–Crippen MR) is 64.6 cm³/mol. The Hall–Kier alpha value is -1.22. The third-order valence-electron chi connectivity index (χ3n) is 1.69. The highest BCUT2D eigenvalue weighted by Gasteiger charge is 1.88. The van der Waals surface area contributed by atoms with Gasteiger partial charge in [-0.2, -0.15) is 0 Å². The quantitative estimate of drug-likeness (QED) is 0.590. The molecule has 0 unspecified atom stereocenters. The molecule has 1 rings (SSSR count). The standard InChI is InChI=1S/C11H14N2S/c1-9-4-2-5-10(8-9)6-3-7-14-11(12)13/h2-6,8H,7H2,1H3,(H3,12,13). The number of rotatable bonds is 3. The molecule has 1 aromatic carbocycles. The fraction of sp³-hybridized carbons (Fsp3) is 0.182. The Labute approximate surface area is 88.7 Å². The topological polar surface area (TPSA) is 49.9 Å². The molecule has 0 amide bonds. The van der Waals surface area contributed by atoms with E-state index < -0.39 is 0 Å². The maximum absolute atomic E-state index is 7.02. The number of thioether (sulfide) groups is 1. The molecular formula is C11H14N2S. The molecule has 0 aliphatic carbocycles. The molecule has 0 heterocycles. The SMILES string of the molecule is Cc1cccc(C=CCSC(=N)N)c1. The van der Waals surface area contributed by atoms with E-state index in [1.807, 2.05) is 18.2 Å². The molecule has 0 aromatic heterocycles. The normalized spacial score (nSPS) is 10.6. The van der Waals surface area contributed by atoms with Crippen LogP contribution in [0.15, 0.2) is 30.3 Å². The van der Waals surface area contributed by atoms with Crippen LogP contribution in [-0.4, -0.2) is 10.9 Å². The Balaban J connectivity index is 2.47.